The van der Waals surface area contributed by atoms with E-state index in [2.05, 4.69) is 10.2 Å². The van der Waals surface area contributed by atoms with Gasteiger partial charge in [-0.15, -0.1) is 11.8 Å². The number of carbonyl (C=O) groups excluding carboxylic acids is 2. The minimum absolute atomic E-state index is 0.0111. The fourth-order valence-corrected chi connectivity index (χ4v) is 5.16. The number of thioether (sulfide) groups is 1. The molecule has 164 valence electrons. The maximum Gasteiger partial charge on any atom is 0.227 e. The van der Waals surface area contributed by atoms with Gasteiger partial charge in [0.2, 0.25) is 11.8 Å². The van der Waals surface area contributed by atoms with Gasteiger partial charge in [0.25, 0.3) is 0 Å². The van der Waals surface area contributed by atoms with E-state index in [0.717, 1.165) is 54.4 Å². The lowest BCUT2D eigenvalue weighted by Crippen LogP contribution is -2.44. The number of benzene rings is 2. The minimum Gasteiger partial charge on any atom is -0.353 e. The highest BCUT2D eigenvalue weighted by molar-refractivity contribution is 7.99. The van der Waals surface area contributed by atoms with Gasteiger partial charge in [0.15, 0.2) is 0 Å². The van der Waals surface area contributed by atoms with Gasteiger partial charge in [-0.25, -0.2) is 4.39 Å². The van der Waals surface area contributed by atoms with E-state index in [1.54, 1.807) is 11.8 Å². The first-order valence-electron chi connectivity index (χ1n) is 10.9. The molecular formula is C24H28FN3O2S. The molecular weight excluding hydrogens is 413 g/mol. The molecule has 1 fully saturated rings. The second-order valence-electron chi connectivity index (χ2n) is 8.11. The van der Waals surface area contributed by atoms with Crippen LogP contribution in [0.15, 0.2) is 53.4 Å². The summed E-state index contributed by atoms with van der Waals surface area (Å²) in [4.78, 5) is 30.4. The lowest BCUT2D eigenvalue weighted by molar-refractivity contribution is -0.125. The number of carbonyl (C=O) groups is 2. The number of likely N-dealkylation sites (tertiary alicyclic amines) is 1. The Hall–Kier alpha value is -2.38. The molecule has 0 unspecified atom stereocenters. The van der Waals surface area contributed by atoms with Gasteiger partial charge in [-0.1, -0.05) is 24.3 Å². The molecule has 0 spiro atoms. The van der Waals surface area contributed by atoms with Gasteiger partial charge in [0, 0.05) is 55.7 Å². The molecule has 0 aliphatic carbocycles. The van der Waals surface area contributed by atoms with Crippen molar-refractivity contribution in [3.8, 4) is 0 Å². The lowest BCUT2D eigenvalue weighted by atomic mass is 10.0. The van der Waals surface area contributed by atoms with Crippen molar-refractivity contribution in [3.63, 3.8) is 0 Å². The van der Waals surface area contributed by atoms with Crippen molar-refractivity contribution in [2.75, 3.05) is 30.3 Å². The number of anilines is 1. The maximum atomic E-state index is 13.0. The van der Waals surface area contributed by atoms with E-state index in [1.165, 1.54) is 12.1 Å². The Morgan fingerprint density at radius 3 is 2.52 bits per heavy atom. The van der Waals surface area contributed by atoms with E-state index in [0.29, 0.717) is 6.54 Å². The van der Waals surface area contributed by atoms with Crippen molar-refractivity contribution in [1.29, 1.82) is 0 Å². The highest BCUT2D eigenvalue weighted by Gasteiger charge is 2.24. The number of nitrogens with one attached hydrogen (secondary N) is 1. The van der Waals surface area contributed by atoms with Gasteiger partial charge >= 0.3 is 0 Å². The molecule has 0 bridgehead atoms. The van der Waals surface area contributed by atoms with Gasteiger partial charge in [0.05, 0.1) is 5.69 Å². The first-order valence-corrected chi connectivity index (χ1v) is 11.9. The number of amides is 2. The molecule has 7 heteroatoms. The Balaban J connectivity index is 1.19. The molecule has 0 atom stereocenters. The molecule has 0 aromatic heterocycles. The summed E-state index contributed by atoms with van der Waals surface area (Å²) in [7, 11) is 0. The van der Waals surface area contributed by atoms with Crippen LogP contribution in [0.4, 0.5) is 10.1 Å². The van der Waals surface area contributed by atoms with Crippen LogP contribution in [0.2, 0.25) is 0 Å². The summed E-state index contributed by atoms with van der Waals surface area (Å²) in [6.07, 6.45) is 2.23. The predicted octanol–water partition coefficient (Wildman–Crippen LogP) is 3.83. The van der Waals surface area contributed by atoms with Crippen molar-refractivity contribution in [2.24, 2.45) is 0 Å². The molecule has 4 rings (SSSR count). The molecule has 2 aliphatic heterocycles. The molecule has 2 aliphatic rings. The molecule has 1 N–H and O–H groups in total. The second-order valence-corrected chi connectivity index (χ2v) is 9.24. The van der Waals surface area contributed by atoms with Crippen LogP contribution >= 0.6 is 11.8 Å². The molecule has 2 heterocycles. The van der Waals surface area contributed by atoms with E-state index in [4.69, 9.17) is 0 Å². The third-order valence-corrected chi connectivity index (χ3v) is 6.91. The van der Waals surface area contributed by atoms with E-state index >= 15 is 0 Å². The van der Waals surface area contributed by atoms with Crippen molar-refractivity contribution in [3.05, 3.63) is 59.9 Å². The summed E-state index contributed by atoms with van der Waals surface area (Å²) in [5.41, 5.74) is 2.05. The molecule has 5 nitrogen and oxygen atoms in total. The van der Waals surface area contributed by atoms with Gasteiger partial charge < -0.3 is 10.2 Å². The van der Waals surface area contributed by atoms with E-state index < -0.39 is 0 Å². The van der Waals surface area contributed by atoms with Crippen LogP contribution in [0.3, 0.4) is 0 Å². The first kappa shape index (κ1) is 21.8. The Morgan fingerprint density at radius 2 is 1.74 bits per heavy atom. The second kappa shape index (κ2) is 10.3. The van der Waals surface area contributed by atoms with Crippen molar-refractivity contribution >= 4 is 29.3 Å². The fraction of sp³-hybridized carbons (Fsp3) is 0.417. The van der Waals surface area contributed by atoms with Gasteiger partial charge in [-0.2, -0.15) is 0 Å². The van der Waals surface area contributed by atoms with Crippen molar-refractivity contribution in [2.45, 2.75) is 43.2 Å². The third-order valence-electron chi connectivity index (χ3n) is 5.87. The predicted molar refractivity (Wildman–Crippen MR) is 122 cm³/mol. The summed E-state index contributed by atoms with van der Waals surface area (Å²) in [6.45, 7) is 3.27. The average Bonchev–Trinajstić information content (AvgIpc) is 2.80. The van der Waals surface area contributed by atoms with Crippen LogP contribution in [0.25, 0.3) is 0 Å². The standard InChI is InChI=1S/C24H28FN3O2S/c25-19-7-5-18(6-8-19)17-27-13-11-20(12-14-27)26-23(29)9-10-24(30)28-15-16-31-22-4-2-1-3-21(22)28/h1-8,20H,9-17H2,(H,26,29). The Bertz CT molecular complexity index is 913. The molecule has 0 saturated carbocycles. The average molecular weight is 442 g/mol. The summed E-state index contributed by atoms with van der Waals surface area (Å²) < 4.78 is 13.0. The summed E-state index contributed by atoms with van der Waals surface area (Å²) in [6, 6.07) is 14.7. The molecule has 0 radical (unpaired) electrons. The van der Waals surface area contributed by atoms with Crippen LogP contribution in [0.1, 0.15) is 31.2 Å². The summed E-state index contributed by atoms with van der Waals surface area (Å²) in [5.74, 6) is 0.625. The Labute approximate surface area is 187 Å². The topological polar surface area (TPSA) is 52.7 Å². The molecule has 2 aromatic rings. The Kier molecular flexibility index (Phi) is 7.25. The number of rotatable bonds is 6. The smallest absolute Gasteiger partial charge is 0.227 e. The van der Waals surface area contributed by atoms with Crippen LogP contribution in [-0.2, 0) is 16.1 Å². The minimum atomic E-state index is -0.216. The molecule has 2 aromatic carbocycles. The van der Waals surface area contributed by atoms with E-state index in [9.17, 15) is 14.0 Å². The summed E-state index contributed by atoms with van der Waals surface area (Å²) >= 11 is 1.76. The fourth-order valence-electron chi connectivity index (χ4n) is 4.17. The number of hydrogen-bond donors (Lipinski definition) is 1. The van der Waals surface area contributed by atoms with Gasteiger partial charge in [0.1, 0.15) is 5.82 Å². The quantitative estimate of drug-likeness (QED) is 0.740. The number of para-hydroxylation sites is 1. The highest BCUT2D eigenvalue weighted by Crippen LogP contribution is 2.34. The SMILES string of the molecule is O=C(CCC(=O)N1CCSc2ccccc21)NC1CCN(Cc2ccc(F)cc2)CC1. The van der Waals surface area contributed by atoms with E-state index in [1.807, 2.05) is 41.3 Å². The van der Waals surface area contributed by atoms with Gasteiger partial charge in [-0.3, -0.25) is 14.5 Å². The largest absolute Gasteiger partial charge is 0.353 e. The van der Waals surface area contributed by atoms with Gasteiger partial charge in [-0.05, 0) is 42.7 Å². The molecule has 2 amide bonds. The molecule has 1 saturated heterocycles. The van der Waals surface area contributed by atoms with Crippen LogP contribution in [0, 0.1) is 5.82 Å². The number of hydrogen-bond acceptors (Lipinski definition) is 4. The lowest BCUT2D eigenvalue weighted by Gasteiger charge is -2.32. The van der Waals surface area contributed by atoms with Crippen molar-refractivity contribution < 1.29 is 14.0 Å². The maximum absolute atomic E-state index is 13.0. The van der Waals surface area contributed by atoms with Crippen molar-refractivity contribution in [1.82, 2.24) is 10.2 Å². The highest BCUT2D eigenvalue weighted by atomic mass is 32.2. The zero-order valence-corrected chi connectivity index (χ0v) is 18.4. The zero-order valence-electron chi connectivity index (χ0n) is 17.6. The number of piperidine rings is 1. The van der Waals surface area contributed by atoms with Crippen LogP contribution in [-0.4, -0.2) is 48.1 Å². The summed E-state index contributed by atoms with van der Waals surface area (Å²) in [5, 5.41) is 3.10. The monoisotopic (exact) mass is 441 g/mol. The zero-order chi connectivity index (χ0) is 21.6. The first-order chi connectivity index (χ1) is 15.1. The number of halogens is 1. The normalized spacial score (nSPS) is 17.3. The van der Waals surface area contributed by atoms with Crippen LogP contribution < -0.4 is 10.2 Å². The van der Waals surface area contributed by atoms with Crippen LogP contribution in [0.5, 0.6) is 0 Å². The number of fused-ring (bicyclic) bond motifs is 1. The number of nitrogens with zero attached hydrogens (tertiary/aromatic N) is 2. The molecule has 31 heavy (non-hydrogen) atoms. The Morgan fingerprint density at radius 1 is 1.00 bits per heavy atom. The van der Waals surface area contributed by atoms with E-state index in [-0.39, 0.29) is 36.5 Å². The third kappa shape index (κ3) is 5.86.